The fourth-order valence-corrected chi connectivity index (χ4v) is 4.55. The van der Waals surface area contributed by atoms with Gasteiger partial charge < -0.3 is 14.6 Å². The SMILES string of the molecule is CCOC(=O)C1CCCN(Cc2c(O)cc(C)c3c2O/C(=C\c2cccc(Cl)c2)C3=O)C1. The van der Waals surface area contributed by atoms with E-state index < -0.39 is 0 Å². The van der Waals surface area contributed by atoms with Crippen LogP contribution in [0.5, 0.6) is 11.5 Å². The van der Waals surface area contributed by atoms with E-state index in [9.17, 15) is 14.7 Å². The van der Waals surface area contributed by atoms with Crippen LogP contribution in [-0.4, -0.2) is 41.5 Å². The Labute approximate surface area is 192 Å². The number of carbonyl (C=O) groups is 2. The minimum Gasteiger partial charge on any atom is -0.507 e. The molecule has 7 heteroatoms. The van der Waals surface area contributed by atoms with Crippen molar-refractivity contribution in [2.45, 2.75) is 33.2 Å². The summed E-state index contributed by atoms with van der Waals surface area (Å²) in [5, 5.41) is 11.3. The van der Waals surface area contributed by atoms with Crippen molar-refractivity contribution in [2.24, 2.45) is 5.92 Å². The first-order valence-electron chi connectivity index (χ1n) is 10.8. The summed E-state index contributed by atoms with van der Waals surface area (Å²) in [6, 6.07) is 8.76. The van der Waals surface area contributed by atoms with Gasteiger partial charge >= 0.3 is 5.97 Å². The summed E-state index contributed by atoms with van der Waals surface area (Å²) < 4.78 is 11.2. The van der Waals surface area contributed by atoms with Crippen molar-refractivity contribution in [2.75, 3.05) is 19.7 Å². The standard InChI is InChI=1S/C25H26ClNO5/c1-3-31-25(30)17-7-5-9-27(13-17)14-19-20(28)10-15(2)22-23(29)21(32-24(19)22)12-16-6-4-8-18(26)11-16/h4,6,8,10-12,17,28H,3,5,7,9,13-14H2,1-2H3/b21-12-. The molecular formula is C25H26ClNO5. The molecule has 1 saturated heterocycles. The molecule has 2 aliphatic rings. The van der Waals surface area contributed by atoms with E-state index in [2.05, 4.69) is 4.90 Å². The van der Waals surface area contributed by atoms with Gasteiger partial charge in [0.25, 0.3) is 0 Å². The number of aryl methyl sites for hydroxylation is 1. The number of carbonyl (C=O) groups excluding carboxylic acids is 2. The number of likely N-dealkylation sites (tertiary alicyclic amines) is 1. The minimum absolute atomic E-state index is 0.0799. The van der Waals surface area contributed by atoms with E-state index in [1.54, 1.807) is 44.2 Å². The Morgan fingerprint density at radius 1 is 1.38 bits per heavy atom. The number of ether oxygens (including phenoxy) is 2. The first kappa shape index (κ1) is 22.4. The normalized spacial score (nSPS) is 19.7. The van der Waals surface area contributed by atoms with Crippen LogP contribution in [0, 0.1) is 12.8 Å². The van der Waals surface area contributed by atoms with Crippen molar-refractivity contribution < 1.29 is 24.2 Å². The lowest BCUT2D eigenvalue weighted by molar-refractivity contribution is -0.150. The quantitative estimate of drug-likeness (QED) is 0.518. The smallest absolute Gasteiger partial charge is 0.310 e. The highest BCUT2D eigenvalue weighted by Crippen LogP contribution is 2.42. The lowest BCUT2D eigenvalue weighted by atomic mass is 9.96. The van der Waals surface area contributed by atoms with Gasteiger partial charge in [-0.05, 0) is 68.6 Å². The number of rotatable bonds is 5. The average Bonchev–Trinajstić information content (AvgIpc) is 3.08. The van der Waals surface area contributed by atoms with Gasteiger partial charge in [-0.1, -0.05) is 23.7 Å². The highest BCUT2D eigenvalue weighted by Gasteiger charge is 2.35. The molecule has 0 aromatic heterocycles. The summed E-state index contributed by atoms with van der Waals surface area (Å²) >= 11 is 6.06. The van der Waals surface area contributed by atoms with Crippen LogP contribution in [0.1, 0.15) is 46.8 Å². The third-order valence-electron chi connectivity index (χ3n) is 5.87. The van der Waals surface area contributed by atoms with Gasteiger partial charge in [-0.3, -0.25) is 14.5 Å². The van der Waals surface area contributed by atoms with E-state index in [-0.39, 0.29) is 29.2 Å². The van der Waals surface area contributed by atoms with Gasteiger partial charge in [-0.2, -0.15) is 0 Å². The van der Waals surface area contributed by atoms with Crippen LogP contribution in [0.2, 0.25) is 5.02 Å². The maximum atomic E-state index is 13.1. The fraction of sp³-hybridized carbons (Fsp3) is 0.360. The number of phenolic OH excluding ortho intramolecular Hbond substituents is 1. The molecule has 0 radical (unpaired) electrons. The van der Waals surface area contributed by atoms with Gasteiger partial charge in [0.2, 0.25) is 5.78 Å². The molecule has 0 spiro atoms. The number of ketones is 1. The van der Waals surface area contributed by atoms with Crippen LogP contribution in [-0.2, 0) is 16.1 Å². The molecule has 0 aliphatic carbocycles. The number of benzene rings is 2. The van der Waals surface area contributed by atoms with Crippen LogP contribution in [0.3, 0.4) is 0 Å². The van der Waals surface area contributed by atoms with Gasteiger partial charge in [-0.25, -0.2) is 0 Å². The number of fused-ring (bicyclic) bond motifs is 1. The summed E-state index contributed by atoms with van der Waals surface area (Å²) in [6.07, 6.45) is 3.30. The zero-order valence-corrected chi connectivity index (χ0v) is 18.9. The molecule has 168 valence electrons. The number of halogens is 1. The maximum absolute atomic E-state index is 13.1. The van der Waals surface area contributed by atoms with E-state index in [1.165, 1.54) is 0 Å². The molecule has 2 aromatic carbocycles. The van der Waals surface area contributed by atoms with Crippen molar-refractivity contribution in [3.05, 3.63) is 63.4 Å². The fourth-order valence-electron chi connectivity index (χ4n) is 4.36. The van der Waals surface area contributed by atoms with Crippen molar-refractivity contribution in [3.8, 4) is 11.5 Å². The highest BCUT2D eigenvalue weighted by atomic mass is 35.5. The summed E-state index contributed by atoms with van der Waals surface area (Å²) in [7, 11) is 0. The molecule has 1 unspecified atom stereocenters. The Bertz CT molecular complexity index is 1090. The van der Waals surface area contributed by atoms with Crippen molar-refractivity contribution in [1.82, 2.24) is 4.90 Å². The summed E-state index contributed by atoms with van der Waals surface area (Å²) in [4.78, 5) is 27.4. The number of phenols is 1. The van der Waals surface area contributed by atoms with Crippen LogP contribution in [0.15, 0.2) is 36.1 Å². The second-order valence-corrected chi connectivity index (χ2v) is 8.65. The molecule has 2 aromatic rings. The summed E-state index contributed by atoms with van der Waals surface area (Å²) in [6.45, 7) is 5.65. The molecule has 0 saturated carbocycles. The number of aromatic hydroxyl groups is 1. The molecule has 0 bridgehead atoms. The lowest BCUT2D eigenvalue weighted by Crippen LogP contribution is -2.39. The van der Waals surface area contributed by atoms with Gasteiger partial charge in [0, 0.05) is 18.1 Å². The zero-order chi connectivity index (χ0) is 22.8. The van der Waals surface area contributed by atoms with E-state index in [0.29, 0.717) is 47.2 Å². The number of hydrogen-bond acceptors (Lipinski definition) is 6. The van der Waals surface area contributed by atoms with Crippen LogP contribution < -0.4 is 4.74 Å². The van der Waals surface area contributed by atoms with E-state index in [1.807, 2.05) is 6.07 Å². The second-order valence-electron chi connectivity index (χ2n) is 8.22. The van der Waals surface area contributed by atoms with Crippen molar-refractivity contribution in [1.29, 1.82) is 0 Å². The molecule has 1 atom stereocenters. The van der Waals surface area contributed by atoms with Crippen molar-refractivity contribution >= 4 is 29.4 Å². The molecule has 32 heavy (non-hydrogen) atoms. The average molecular weight is 456 g/mol. The number of piperidine rings is 1. The summed E-state index contributed by atoms with van der Waals surface area (Å²) in [5.74, 6) is 0.0660. The second kappa shape index (κ2) is 9.35. The van der Waals surface area contributed by atoms with Gasteiger partial charge in [0.15, 0.2) is 5.76 Å². The Hall–Kier alpha value is -2.83. The number of allylic oxidation sites excluding steroid dienone is 1. The van der Waals surface area contributed by atoms with Gasteiger partial charge in [-0.15, -0.1) is 0 Å². The Kier molecular flexibility index (Phi) is 6.53. The Morgan fingerprint density at radius 2 is 2.19 bits per heavy atom. The first-order valence-corrected chi connectivity index (χ1v) is 11.2. The molecule has 2 aliphatic heterocycles. The molecule has 0 amide bonds. The molecule has 2 heterocycles. The Morgan fingerprint density at radius 3 is 2.94 bits per heavy atom. The van der Waals surface area contributed by atoms with E-state index in [4.69, 9.17) is 21.1 Å². The van der Waals surface area contributed by atoms with Crippen LogP contribution >= 0.6 is 11.6 Å². The monoisotopic (exact) mass is 455 g/mol. The van der Waals surface area contributed by atoms with E-state index >= 15 is 0 Å². The molecular weight excluding hydrogens is 430 g/mol. The predicted octanol–water partition coefficient (Wildman–Crippen LogP) is 4.75. The first-order chi connectivity index (χ1) is 15.4. The highest BCUT2D eigenvalue weighted by molar-refractivity contribution is 6.30. The van der Waals surface area contributed by atoms with E-state index in [0.717, 1.165) is 24.9 Å². The third-order valence-corrected chi connectivity index (χ3v) is 6.11. The lowest BCUT2D eigenvalue weighted by Gasteiger charge is -2.31. The molecule has 1 N–H and O–H groups in total. The number of nitrogens with zero attached hydrogens (tertiary/aromatic N) is 1. The Balaban J connectivity index is 1.62. The minimum atomic E-state index is -0.221. The van der Waals surface area contributed by atoms with Gasteiger partial charge in [0.05, 0.1) is 23.7 Å². The third kappa shape index (κ3) is 4.52. The molecule has 1 fully saturated rings. The number of Topliss-reactive ketones (excluding diaryl/α,β-unsaturated/α-hetero) is 1. The van der Waals surface area contributed by atoms with Gasteiger partial charge in [0.1, 0.15) is 11.5 Å². The number of hydrogen-bond donors (Lipinski definition) is 1. The maximum Gasteiger partial charge on any atom is 0.310 e. The number of esters is 1. The topological polar surface area (TPSA) is 76.1 Å². The van der Waals surface area contributed by atoms with Crippen molar-refractivity contribution in [3.63, 3.8) is 0 Å². The molecule has 4 rings (SSSR count). The van der Waals surface area contributed by atoms with Crippen LogP contribution in [0.4, 0.5) is 0 Å². The zero-order valence-electron chi connectivity index (χ0n) is 18.2. The summed E-state index contributed by atoms with van der Waals surface area (Å²) in [5.41, 5.74) is 2.43. The molecule has 6 nitrogen and oxygen atoms in total. The van der Waals surface area contributed by atoms with Crippen LogP contribution in [0.25, 0.3) is 6.08 Å². The predicted molar refractivity (Wildman–Crippen MR) is 122 cm³/mol. The largest absolute Gasteiger partial charge is 0.507 e.